The maximum Gasteiger partial charge on any atom is 0.255 e. The Bertz CT molecular complexity index is 440. The fourth-order valence-electron chi connectivity index (χ4n) is 1.92. The Kier molecular flexibility index (Phi) is 2.11. The number of benzene rings is 1. The monoisotopic (exact) mass is 219 g/mol. The molecule has 0 aromatic heterocycles. The van der Waals surface area contributed by atoms with Crippen molar-refractivity contribution in [1.82, 2.24) is 0 Å². The number of carbonyl (C=O) groups excluding carboxylic acids is 1. The van der Waals surface area contributed by atoms with Crippen molar-refractivity contribution in [1.29, 1.82) is 0 Å². The molecule has 1 aromatic rings. The van der Waals surface area contributed by atoms with Crippen LogP contribution in [-0.2, 0) is 16.1 Å². The largest absolute Gasteiger partial charge is 0.490 e. The number of nitrogens with zero attached hydrogens (tertiary/aromatic N) is 1. The van der Waals surface area contributed by atoms with Crippen LogP contribution in [0.1, 0.15) is 18.4 Å². The minimum atomic E-state index is -0.0268. The second kappa shape index (κ2) is 3.49. The number of carbonyl (C=O) groups is 1. The van der Waals surface area contributed by atoms with Gasteiger partial charge in [0.2, 0.25) is 0 Å². The van der Waals surface area contributed by atoms with Crippen LogP contribution in [0.5, 0.6) is 5.75 Å². The van der Waals surface area contributed by atoms with Crippen LogP contribution >= 0.6 is 0 Å². The van der Waals surface area contributed by atoms with Gasteiger partial charge in [0.1, 0.15) is 5.75 Å². The molecule has 0 saturated heterocycles. The molecule has 0 unspecified atom stereocenters. The first-order valence-electron chi connectivity index (χ1n) is 5.44. The van der Waals surface area contributed by atoms with Crippen LogP contribution in [0, 0.1) is 0 Å². The van der Waals surface area contributed by atoms with Gasteiger partial charge in [0, 0.05) is 0 Å². The first-order chi connectivity index (χ1) is 7.78. The van der Waals surface area contributed by atoms with E-state index in [0.717, 1.165) is 29.8 Å². The number of hydroxylamine groups is 1. The van der Waals surface area contributed by atoms with E-state index in [2.05, 4.69) is 0 Å². The summed E-state index contributed by atoms with van der Waals surface area (Å²) < 4.78 is 5.68. The van der Waals surface area contributed by atoms with Gasteiger partial charge in [-0.3, -0.25) is 9.63 Å². The molecule has 4 heteroatoms. The molecule has 0 atom stereocenters. The Morgan fingerprint density at radius 2 is 2.19 bits per heavy atom. The zero-order chi connectivity index (χ0) is 11.1. The van der Waals surface area contributed by atoms with Gasteiger partial charge in [-0.05, 0) is 36.6 Å². The maximum absolute atomic E-state index is 11.6. The summed E-state index contributed by atoms with van der Waals surface area (Å²) in [5, 5.41) is 1.33. The SMILES string of the molecule is CON1C(=O)Cc2cc(OC3CC3)ccc21. The van der Waals surface area contributed by atoms with E-state index in [1.807, 2.05) is 18.2 Å². The van der Waals surface area contributed by atoms with Crippen LogP contribution in [0.2, 0.25) is 0 Å². The lowest BCUT2D eigenvalue weighted by Crippen LogP contribution is -2.24. The van der Waals surface area contributed by atoms with Gasteiger partial charge in [-0.2, -0.15) is 5.06 Å². The van der Waals surface area contributed by atoms with E-state index < -0.39 is 0 Å². The lowest BCUT2D eigenvalue weighted by atomic mass is 10.1. The van der Waals surface area contributed by atoms with Crippen molar-refractivity contribution < 1.29 is 14.4 Å². The van der Waals surface area contributed by atoms with E-state index >= 15 is 0 Å². The summed E-state index contributed by atoms with van der Waals surface area (Å²) in [4.78, 5) is 16.6. The van der Waals surface area contributed by atoms with Crippen molar-refractivity contribution in [3.05, 3.63) is 23.8 Å². The second-order valence-corrected chi connectivity index (χ2v) is 4.16. The van der Waals surface area contributed by atoms with E-state index in [-0.39, 0.29) is 5.91 Å². The Morgan fingerprint density at radius 3 is 2.88 bits per heavy atom. The molecule has 1 heterocycles. The Morgan fingerprint density at radius 1 is 1.38 bits per heavy atom. The minimum Gasteiger partial charge on any atom is -0.490 e. The predicted molar refractivity (Wildman–Crippen MR) is 58.3 cm³/mol. The van der Waals surface area contributed by atoms with Crippen molar-refractivity contribution in [3.63, 3.8) is 0 Å². The van der Waals surface area contributed by atoms with Crippen LogP contribution < -0.4 is 9.80 Å². The molecule has 1 aromatic carbocycles. The summed E-state index contributed by atoms with van der Waals surface area (Å²) in [7, 11) is 1.50. The molecule has 0 bridgehead atoms. The summed E-state index contributed by atoms with van der Waals surface area (Å²) in [5.74, 6) is 0.827. The van der Waals surface area contributed by atoms with Gasteiger partial charge in [-0.1, -0.05) is 0 Å². The molecule has 1 fully saturated rings. The first-order valence-corrected chi connectivity index (χ1v) is 5.44. The van der Waals surface area contributed by atoms with Gasteiger partial charge in [-0.25, -0.2) is 0 Å². The topological polar surface area (TPSA) is 38.8 Å². The Labute approximate surface area is 93.7 Å². The molecule has 2 aliphatic rings. The summed E-state index contributed by atoms with van der Waals surface area (Å²) in [6.45, 7) is 0. The molecule has 1 aliphatic carbocycles. The molecule has 16 heavy (non-hydrogen) atoms. The summed E-state index contributed by atoms with van der Waals surface area (Å²) in [6.07, 6.45) is 3.06. The zero-order valence-corrected chi connectivity index (χ0v) is 9.10. The van der Waals surface area contributed by atoms with Crippen LogP contribution in [-0.4, -0.2) is 19.1 Å². The van der Waals surface area contributed by atoms with Gasteiger partial charge >= 0.3 is 0 Å². The third-order valence-electron chi connectivity index (χ3n) is 2.85. The molecule has 1 amide bonds. The van der Waals surface area contributed by atoms with Crippen molar-refractivity contribution in [2.75, 3.05) is 12.2 Å². The minimum absolute atomic E-state index is 0.0268. The fourth-order valence-corrected chi connectivity index (χ4v) is 1.92. The van der Waals surface area contributed by atoms with Crippen molar-refractivity contribution in [2.24, 2.45) is 0 Å². The van der Waals surface area contributed by atoms with Crippen molar-refractivity contribution >= 4 is 11.6 Å². The molecule has 3 rings (SSSR count). The standard InChI is InChI=1S/C12H13NO3/c1-15-13-11-5-4-10(16-9-2-3-9)6-8(11)7-12(13)14/h4-6,9H,2-3,7H2,1H3. The van der Waals surface area contributed by atoms with Crippen molar-refractivity contribution in [2.45, 2.75) is 25.4 Å². The molecule has 0 radical (unpaired) electrons. The van der Waals surface area contributed by atoms with E-state index in [0.29, 0.717) is 12.5 Å². The first kappa shape index (κ1) is 9.66. The smallest absolute Gasteiger partial charge is 0.255 e. The highest BCUT2D eigenvalue weighted by atomic mass is 16.7. The second-order valence-electron chi connectivity index (χ2n) is 4.16. The number of anilines is 1. The Balaban J connectivity index is 1.88. The summed E-state index contributed by atoms with van der Waals surface area (Å²) in [6, 6.07) is 5.70. The van der Waals surface area contributed by atoms with Crippen LogP contribution in [0.25, 0.3) is 0 Å². The number of hydrogen-bond acceptors (Lipinski definition) is 3. The van der Waals surface area contributed by atoms with E-state index in [4.69, 9.17) is 9.57 Å². The Hall–Kier alpha value is -1.55. The number of fused-ring (bicyclic) bond motifs is 1. The van der Waals surface area contributed by atoms with Crippen LogP contribution in [0.15, 0.2) is 18.2 Å². The van der Waals surface area contributed by atoms with Gasteiger partial charge in [0.15, 0.2) is 0 Å². The maximum atomic E-state index is 11.6. The summed E-state index contributed by atoms with van der Waals surface area (Å²) >= 11 is 0. The zero-order valence-electron chi connectivity index (χ0n) is 9.10. The number of hydrogen-bond donors (Lipinski definition) is 0. The lowest BCUT2D eigenvalue weighted by molar-refractivity contribution is -0.123. The molecule has 1 aliphatic heterocycles. The third-order valence-corrected chi connectivity index (χ3v) is 2.85. The van der Waals surface area contributed by atoms with E-state index in [1.165, 1.54) is 12.2 Å². The number of ether oxygens (including phenoxy) is 1. The highest BCUT2D eigenvalue weighted by Crippen LogP contribution is 2.34. The number of rotatable bonds is 3. The number of amides is 1. The lowest BCUT2D eigenvalue weighted by Gasteiger charge is -2.13. The average molecular weight is 219 g/mol. The molecule has 0 spiro atoms. The molecule has 1 saturated carbocycles. The predicted octanol–water partition coefficient (Wildman–Crippen LogP) is 1.68. The molecule has 4 nitrogen and oxygen atoms in total. The van der Waals surface area contributed by atoms with Crippen molar-refractivity contribution in [3.8, 4) is 5.75 Å². The average Bonchev–Trinajstić information content (AvgIpc) is 3.00. The van der Waals surface area contributed by atoms with Gasteiger partial charge in [0.05, 0.1) is 25.3 Å². The highest BCUT2D eigenvalue weighted by molar-refractivity contribution is 5.99. The molecular weight excluding hydrogens is 206 g/mol. The van der Waals surface area contributed by atoms with E-state index in [9.17, 15) is 4.79 Å². The fraction of sp³-hybridized carbons (Fsp3) is 0.417. The summed E-state index contributed by atoms with van der Waals surface area (Å²) in [5.41, 5.74) is 1.81. The third kappa shape index (κ3) is 1.55. The normalized spacial score (nSPS) is 18.8. The molecule has 84 valence electrons. The van der Waals surface area contributed by atoms with Crippen LogP contribution in [0.3, 0.4) is 0 Å². The molecular formula is C12H13NO3. The molecule has 0 N–H and O–H groups in total. The quantitative estimate of drug-likeness (QED) is 0.776. The van der Waals surface area contributed by atoms with E-state index in [1.54, 1.807) is 0 Å². The highest BCUT2D eigenvalue weighted by Gasteiger charge is 2.29. The van der Waals surface area contributed by atoms with Crippen LogP contribution in [0.4, 0.5) is 5.69 Å². The van der Waals surface area contributed by atoms with Gasteiger partial charge < -0.3 is 4.74 Å². The van der Waals surface area contributed by atoms with Gasteiger partial charge in [0.25, 0.3) is 5.91 Å². The van der Waals surface area contributed by atoms with Gasteiger partial charge in [-0.15, -0.1) is 0 Å².